The van der Waals surface area contributed by atoms with E-state index in [1.807, 2.05) is 17.9 Å². The number of fused-ring (bicyclic) bond motifs is 1. The highest BCUT2D eigenvalue weighted by atomic mass is 19.1. The first-order chi connectivity index (χ1) is 14.3. The molecule has 2 aromatic rings. The van der Waals surface area contributed by atoms with Gasteiger partial charge in [0.05, 0.1) is 6.42 Å². The Labute approximate surface area is 173 Å². The summed E-state index contributed by atoms with van der Waals surface area (Å²) in [4.78, 5) is 39.9. The Morgan fingerprint density at radius 2 is 1.97 bits per heavy atom. The minimum Gasteiger partial charge on any atom is -0.426 e. The van der Waals surface area contributed by atoms with E-state index in [0.29, 0.717) is 36.6 Å². The third-order valence-corrected chi connectivity index (χ3v) is 5.48. The molecular formula is C22H22FN3O4. The average molecular weight is 411 g/mol. The normalized spacial score (nSPS) is 18.1. The number of aryl methyl sites for hydroxylation is 1. The summed E-state index contributed by atoms with van der Waals surface area (Å²) >= 11 is 0. The molecule has 0 aromatic heterocycles. The molecule has 2 aliphatic rings. The number of piperazine rings is 1. The Kier molecular flexibility index (Phi) is 5.15. The van der Waals surface area contributed by atoms with Gasteiger partial charge in [-0.25, -0.2) is 4.39 Å². The number of hydrogen-bond donors (Lipinski definition) is 1. The van der Waals surface area contributed by atoms with Gasteiger partial charge in [-0.05, 0) is 37.6 Å². The molecule has 2 aromatic carbocycles. The lowest BCUT2D eigenvalue weighted by molar-refractivity contribution is -0.143. The molecule has 1 atom stereocenters. The van der Waals surface area contributed by atoms with Crippen molar-refractivity contribution in [2.24, 2.45) is 0 Å². The summed E-state index contributed by atoms with van der Waals surface area (Å²) in [5.74, 6) is -1.59. The summed E-state index contributed by atoms with van der Waals surface area (Å²) in [6.45, 7) is 4.85. The van der Waals surface area contributed by atoms with E-state index in [-0.39, 0.29) is 24.2 Å². The number of hydrogen-bond acceptors (Lipinski definition) is 5. The van der Waals surface area contributed by atoms with Crippen LogP contribution in [0.2, 0.25) is 0 Å². The fourth-order valence-electron chi connectivity index (χ4n) is 3.80. The van der Waals surface area contributed by atoms with Crippen LogP contribution in [0, 0.1) is 12.7 Å². The zero-order valence-electron chi connectivity index (χ0n) is 16.8. The number of amides is 2. The Balaban J connectivity index is 1.38. The van der Waals surface area contributed by atoms with Crippen LogP contribution in [-0.4, -0.2) is 48.4 Å². The number of carbonyl (C=O) groups is 3. The molecular weight excluding hydrogens is 389 g/mol. The third-order valence-electron chi connectivity index (χ3n) is 5.48. The van der Waals surface area contributed by atoms with Crippen LogP contribution >= 0.6 is 0 Å². The van der Waals surface area contributed by atoms with Gasteiger partial charge in [-0.15, -0.1) is 0 Å². The number of esters is 1. The van der Waals surface area contributed by atoms with Crippen molar-refractivity contribution in [2.75, 3.05) is 29.9 Å². The SMILES string of the molecule is Cc1ccc(N2CCN(C(=O)C(=O)Nc3ccc4c(c3)OC(=O)C4)C[C@H]2C)cc1F. The van der Waals surface area contributed by atoms with Crippen LogP contribution in [0.4, 0.5) is 15.8 Å². The summed E-state index contributed by atoms with van der Waals surface area (Å²) in [6, 6.07) is 9.89. The van der Waals surface area contributed by atoms with Crippen molar-refractivity contribution in [3.05, 3.63) is 53.3 Å². The van der Waals surface area contributed by atoms with Gasteiger partial charge >= 0.3 is 17.8 Å². The number of rotatable bonds is 2. The second-order valence-electron chi connectivity index (χ2n) is 7.65. The molecule has 0 radical (unpaired) electrons. The Bertz CT molecular complexity index is 1040. The van der Waals surface area contributed by atoms with Crippen molar-refractivity contribution in [3.8, 4) is 5.75 Å². The van der Waals surface area contributed by atoms with Gasteiger partial charge in [-0.2, -0.15) is 0 Å². The largest absolute Gasteiger partial charge is 0.426 e. The van der Waals surface area contributed by atoms with E-state index in [1.54, 1.807) is 25.1 Å². The van der Waals surface area contributed by atoms with E-state index < -0.39 is 11.8 Å². The summed E-state index contributed by atoms with van der Waals surface area (Å²) in [7, 11) is 0. The smallest absolute Gasteiger partial charge is 0.315 e. The van der Waals surface area contributed by atoms with E-state index in [0.717, 1.165) is 11.3 Å². The number of carbonyl (C=O) groups excluding carboxylic acids is 3. The molecule has 2 aliphatic heterocycles. The molecule has 0 bridgehead atoms. The van der Waals surface area contributed by atoms with Crippen LogP contribution in [0.15, 0.2) is 36.4 Å². The van der Waals surface area contributed by atoms with Crippen LogP contribution in [0.3, 0.4) is 0 Å². The van der Waals surface area contributed by atoms with Crippen molar-refractivity contribution in [3.63, 3.8) is 0 Å². The predicted octanol–water partition coefficient (Wildman–Crippen LogP) is 2.27. The molecule has 0 saturated carbocycles. The fraction of sp³-hybridized carbons (Fsp3) is 0.318. The maximum absolute atomic E-state index is 13.9. The first-order valence-electron chi connectivity index (χ1n) is 9.78. The van der Waals surface area contributed by atoms with Crippen LogP contribution in [-0.2, 0) is 20.8 Å². The highest BCUT2D eigenvalue weighted by Gasteiger charge is 2.31. The fourth-order valence-corrected chi connectivity index (χ4v) is 3.80. The highest BCUT2D eigenvalue weighted by Crippen LogP contribution is 2.29. The van der Waals surface area contributed by atoms with Crippen molar-refractivity contribution in [1.29, 1.82) is 0 Å². The number of benzene rings is 2. The van der Waals surface area contributed by atoms with Gasteiger partial charge in [0.1, 0.15) is 11.6 Å². The Morgan fingerprint density at radius 1 is 1.17 bits per heavy atom. The van der Waals surface area contributed by atoms with Gasteiger partial charge in [-0.3, -0.25) is 14.4 Å². The van der Waals surface area contributed by atoms with E-state index in [1.165, 1.54) is 17.0 Å². The standard InChI is InChI=1S/C22H22FN3O4/c1-13-3-6-17(11-18(13)23)26-8-7-25(12-14(26)2)22(29)21(28)24-16-5-4-15-9-20(27)30-19(15)10-16/h3-6,10-11,14H,7-9,12H2,1-2H3,(H,24,28)/t14-/m1/s1. The minimum atomic E-state index is -0.749. The van der Waals surface area contributed by atoms with Crippen molar-refractivity contribution >= 4 is 29.2 Å². The lowest BCUT2D eigenvalue weighted by atomic mass is 10.1. The van der Waals surface area contributed by atoms with Crippen LogP contribution in [0.1, 0.15) is 18.1 Å². The number of ether oxygens (including phenoxy) is 1. The molecule has 1 fully saturated rings. The topological polar surface area (TPSA) is 79.0 Å². The molecule has 30 heavy (non-hydrogen) atoms. The quantitative estimate of drug-likeness (QED) is 0.466. The number of nitrogens with zero attached hydrogens (tertiary/aromatic N) is 2. The Morgan fingerprint density at radius 3 is 2.70 bits per heavy atom. The van der Waals surface area contributed by atoms with Gasteiger partial charge in [-0.1, -0.05) is 12.1 Å². The van der Waals surface area contributed by atoms with Crippen LogP contribution < -0.4 is 15.0 Å². The second kappa shape index (κ2) is 7.78. The van der Waals surface area contributed by atoms with E-state index in [9.17, 15) is 18.8 Å². The van der Waals surface area contributed by atoms with E-state index in [4.69, 9.17) is 4.74 Å². The van der Waals surface area contributed by atoms with Gasteiger partial charge in [0.15, 0.2) is 0 Å². The summed E-state index contributed by atoms with van der Waals surface area (Å²) in [6.07, 6.45) is 0.204. The van der Waals surface area contributed by atoms with Crippen molar-refractivity contribution in [1.82, 2.24) is 4.90 Å². The van der Waals surface area contributed by atoms with Gasteiger partial charge in [0, 0.05) is 48.7 Å². The lowest BCUT2D eigenvalue weighted by Crippen LogP contribution is -2.55. The molecule has 0 aliphatic carbocycles. The van der Waals surface area contributed by atoms with E-state index in [2.05, 4.69) is 5.32 Å². The molecule has 156 valence electrons. The van der Waals surface area contributed by atoms with Crippen molar-refractivity contribution < 1.29 is 23.5 Å². The summed E-state index contributed by atoms with van der Waals surface area (Å²) < 4.78 is 19.0. The number of anilines is 2. The molecule has 1 N–H and O–H groups in total. The zero-order chi connectivity index (χ0) is 21.4. The maximum atomic E-state index is 13.9. The number of nitrogens with one attached hydrogen (secondary N) is 1. The monoisotopic (exact) mass is 411 g/mol. The predicted molar refractivity (Wildman–Crippen MR) is 109 cm³/mol. The molecule has 0 unspecified atom stereocenters. The first-order valence-corrected chi connectivity index (χ1v) is 9.78. The van der Waals surface area contributed by atoms with Gasteiger partial charge in [0.2, 0.25) is 0 Å². The average Bonchev–Trinajstić information content (AvgIpc) is 3.08. The first kappa shape index (κ1) is 19.9. The van der Waals surface area contributed by atoms with Gasteiger partial charge in [0.25, 0.3) is 0 Å². The molecule has 8 heteroatoms. The summed E-state index contributed by atoms with van der Waals surface area (Å²) in [5.41, 5.74) is 2.48. The molecule has 4 rings (SSSR count). The molecule has 2 heterocycles. The molecule has 1 saturated heterocycles. The molecule has 0 spiro atoms. The van der Waals surface area contributed by atoms with Crippen LogP contribution in [0.5, 0.6) is 5.75 Å². The van der Waals surface area contributed by atoms with Gasteiger partial charge < -0.3 is 19.9 Å². The van der Waals surface area contributed by atoms with Crippen LogP contribution in [0.25, 0.3) is 0 Å². The second-order valence-corrected chi connectivity index (χ2v) is 7.65. The van der Waals surface area contributed by atoms with Crippen molar-refractivity contribution in [2.45, 2.75) is 26.3 Å². The molecule has 2 amide bonds. The summed E-state index contributed by atoms with van der Waals surface area (Å²) in [5, 5.41) is 2.57. The highest BCUT2D eigenvalue weighted by molar-refractivity contribution is 6.39. The maximum Gasteiger partial charge on any atom is 0.315 e. The Hall–Kier alpha value is -3.42. The molecule has 7 nitrogen and oxygen atoms in total. The third kappa shape index (κ3) is 3.85. The minimum absolute atomic E-state index is 0.0722. The zero-order valence-corrected chi connectivity index (χ0v) is 16.8. The number of halogens is 1. The van der Waals surface area contributed by atoms with E-state index >= 15 is 0 Å². The lowest BCUT2D eigenvalue weighted by Gasteiger charge is -2.41.